The molecule has 1 heterocycles. The van der Waals surface area contributed by atoms with Gasteiger partial charge in [-0.3, -0.25) is 0 Å². The Labute approximate surface area is 103 Å². The fourth-order valence-electron chi connectivity index (χ4n) is 2.24. The summed E-state index contributed by atoms with van der Waals surface area (Å²) >= 11 is 0. The van der Waals surface area contributed by atoms with Gasteiger partial charge >= 0.3 is 0 Å². The molecule has 1 aliphatic rings. The van der Waals surface area contributed by atoms with Crippen LogP contribution in [0.4, 0.5) is 5.69 Å². The highest BCUT2D eigenvalue weighted by Crippen LogP contribution is 2.20. The molecular weight excluding hydrogens is 214 g/mol. The molecule has 0 aliphatic carbocycles. The Morgan fingerprint density at radius 1 is 1.35 bits per heavy atom. The Bertz CT molecular complexity index is 337. The fourth-order valence-corrected chi connectivity index (χ4v) is 2.24. The molecular formula is C14H21NO2. The predicted octanol–water partition coefficient (Wildman–Crippen LogP) is 2.55. The Kier molecular flexibility index (Phi) is 4.40. The van der Waals surface area contributed by atoms with Gasteiger partial charge in [0.15, 0.2) is 0 Å². The molecule has 3 heteroatoms. The predicted molar refractivity (Wildman–Crippen MR) is 69.0 cm³/mol. The third kappa shape index (κ3) is 3.45. The van der Waals surface area contributed by atoms with Gasteiger partial charge in [-0.25, -0.2) is 0 Å². The van der Waals surface area contributed by atoms with Gasteiger partial charge in [0.25, 0.3) is 0 Å². The van der Waals surface area contributed by atoms with E-state index in [-0.39, 0.29) is 6.61 Å². The maximum atomic E-state index is 8.98. The zero-order valence-electron chi connectivity index (χ0n) is 10.4. The Morgan fingerprint density at radius 3 is 2.76 bits per heavy atom. The second kappa shape index (κ2) is 6.03. The lowest BCUT2D eigenvalue weighted by atomic mass is 10.0. The minimum absolute atomic E-state index is 0.107. The number of anilines is 1. The molecule has 2 N–H and O–H groups in total. The van der Waals surface area contributed by atoms with Crippen LogP contribution >= 0.6 is 0 Å². The van der Waals surface area contributed by atoms with Gasteiger partial charge in [-0.2, -0.15) is 0 Å². The third-order valence-corrected chi connectivity index (χ3v) is 3.33. The first-order chi connectivity index (χ1) is 8.31. The molecule has 17 heavy (non-hydrogen) atoms. The van der Waals surface area contributed by atoms with Crippen molar-refractivity contribution in [2.45, 2.75) is 44.9 Å². The summed E-state index contributed by atoms with van der Waals surface area (Å²) in [6.07, 6.45) is 3.64. The lowest BCUT2D eigenvalue weighted by molar-refractivity contribution is 0.00926. The van der Waals surface area contributed by atoms with Crippen LogP contribution in [0.3, 0.4) is 0 Å². The van der Waals surface area contributed by atoms with Crippen molar-refractivity contribution in [2.75, 3.05) is 11.9 Å². The molecule has 2 atom stereocenters. The van der Waals surface area contributed by atoms with Crippen LogP contribution in [0.1, 0.15) is 31.7 Å². The number of rotatable bonds is 4. The van der Waals surface area contributed by atoms with E-state index >= 15 is 0 Å². The van der Waals surface area contributed by atoms with E-state index in [1.165, 1.54) is 0 Å². The van der Waals surface area contributed by atoms with E-state index in [0.29, 0.717) is 12.1 Å². The van der Waals surface area contributed by atoms with Crippen LogP contribution in [0.5, 0.6) is 0 Å². The van der Waals surface area contributed by atoms with Crippen molar-refractivity contribution in [3.63, 3.8) is 0 Å². The summed E-state index contributed by atoms with van der Waals surface area (Å²) in [5.74, 6) is 0. The van der Waals surface area contributed by atoms with Crippen molar-refractivity contribution in [3.05, 3.63) is 29.8 Å². The SMILES string of the molecule is CCC1CC(Nc2ccc(CO)cc2)CCO1. The molecule has 0 aromatic heterocycles. The van der Waals surface area contributed by atoms with Crippen molar-refractivity contribution in [2.24, 2.45) is 0 Å². The third-order valence-electron chi connectivity index (χ3n) is 3.33. The van der Waals surface area contributed by atoms with E-state index in [9.17, 15) is 0 Å². The fraction of sp³-hybridized carbons (Fsp3) is 0.571. The second-order valence-electron chi connectivity index (χ2n) is 4.62. The van der Waals surface area contributed by atoms with E-state index in [1.54, 1.807) is 0 Å². The average Bonchev–Trinajstić information content (AvgIpc) is 2.40. The standard InChI is InChI=1S/C14H21NO2/c1-2-14-9-13(7-8-17-14)15-12-5-3-11(10-16)4-6-12/h3-6,13-16H,2,7-10H2,1H3. The van der Waals surface area contributed by atoms with Gasteiger partial charge in [0.05, 0.1) is 12.7 Å². The normalized spacial score (nSPS) is 24.6. The summed E-state index contributed by atoms with van der Waals surface area (Å²) < 4.78 is 5.66. The van der Waals surface area contributed by atoms with E-state index in [0.717, 1.165) is 37.1 Å². The molecule has 1 fully saturated rings. The minimum Gasteiger partial charge on any atom is -0.392 e. The van der Waals surface area contributed by atoms with Crippen molar-refractivity contribution >= 4 is 5.69 Å². The van der Waals surface area contributed by atoms with Crippen molar-refractivity contribution < 1.29 is 9.84 Å². The summed E-state index contributed by atoms with van der Waals surface area (Å²) in [6.45, 7) is 3.13. The van der Waals surface area contributed by atoms with Crippen LogP contribution in [0, 0.1) is 0 Å². The van der Waals surface area contributed by atoms with E-state index in [2.05, 4.69) is 12.2 Å². The van der Waals surface area contributed by atoms with Crippen LogP contribution < -0.4 is 5.32 Å². The van der Waals surface area contributed by atoms with Gasteiger partial charge in [-0.15, -0.1) is 0 Å². The zero-order valence-corrected chi connectivity index (χ0v) is 10.4. The topological polar surface area (TPSA) is 41.5 Å². The summed E-state index contributed by atoms with van der Waals surface area (Å²) in [5, 5.41) is 12.5. The number of aliphatic hydroxyl groups is 1. The van der Waals surface area contributed by atoms with Crippen LogP contribution in [0.15, 0.2) is 24.3 Å². The Balaban J connectivity index is 1.90. The first kappa shape index (κ1) is 12.4. The highest BCUT2D eigenvalue weighted by molar-refractivity contribution is 5.45. The Hall–Kier alpha value is -1.06. The number of ether oxygens (including phenoxy) is 1. The monoisotopic (exact) mass is 235 g/mol. The van der Waals surface area contributed by atoms with Crippen LogP contribution in [-0.2, 0) is 11.3 Å². The molecule has 1 aromatic carbocycles. The maximum Gasteiger partial charge on any atom is 0.0681 e. The van der Waals surface area contributed by atoms with Crippen LogP contribution in [-0.4, -0.2) is 23.9 Å². The average molecular weight is 235 g/mol. The van der Waals surface area contributed by atoms with E-state index in [4.69, 9.17) is 9.84 Å². The largest absolute Gasteiger partial charge is 0.392 e. The van der Waals surface area contributed by atoms with Gasteiger partial charge in [-0.05, 0) is 37.0 Å². The highest BCUT2D eigenvalue weighted by Gasteiger charge is 2.20. The molecule has 0 radical (unpaired) electrons. The van der Waals surface area contributed by atoms with Gasteiger partial charge in [-0.1, -0.05) is 19.1 Å². The summed E-state index contributed by atoms with van der Waals surface area (Å²) in [4.78, 5) is 0. The molecule has 0 amide bonds. The van der Waals surface area contributed by atoms with Crippen LogP contribution in [0.25, 0.3) is 0 Å². The van der Waals surface area contributed by atoms with Gasteiger partial charge < -0.3 is 15.2 Å². The van der Waals surface area contributed by atoms with Gasteiger partial charge in [0.1, 0.15) is 0 Å². The Morgan fingerprint density at radius 2 is 2.12 bits per heavy atom. The molecule has 0 bridgehead atoms. The second-order valence-corrected chi connectivity index (χ2v) is 4.62. The smallest absolute Gasteiger partial charge is 0.0681 e. The highest BCUT2D eigenvalue weighted by atomic mass is 16.5. The molecule has 1 aliphatic heterocycles. The minimum atomic E-state index is 0.107. The van der Waals surface area contributed by atoms with Crippen molar-refractivity contribution in [1.82, 2.24) is 0 Å². The molecule has 0 saturated carbocycles. The van der Waals surface area contributed by atoms with Gasteiger partial charge in [0.2, 0.25) is 0 Å². The summed E-state index contributed by atoms with van der Waals surface area (Å²) in [5.41, 5.74) is 2.08. The number of hydrogen-bond donors (Lipinski definition) is 2. The molecule has 2 unspecified atom stereocenters. The maximum absolute atomic E-state index is 8.98. The molecule has 94 valence electrons. The quantitative estimate of drug-likeness (QED) is 0.842. The number of benzene rings is 1. The summed E-state index contributed by atoms with van der Waals surface area (Å²) in [7, 11) is 0. The lowest BCUT2D eigenvalue weighted by Crippen LogP contribution is -2.33. The van der Waals surface area contributed by atoms with Gasteiger partial charge in [0, 0.05) is 18.3 Å². The molecule has 1 aromatic rings. The zero-order chi connectivity index (χ0) is 12.1. The lowest BCUT2D eigenvalue weighted by Gasteiger charge is -2.30. The molecule has 2 rings (SSSR count). The van der Waals surface area contributed by atoms with Crippen molar-refractivity contribution in [1.29, 1.82) is 0 Å². The number of hydrogen-bond acceptors (Lipinski definition) is 3. The first-order valence-electron chi connectivity index (χ1n) is 6.39. The molecule has 3 nitrogen and oxygen atoms in total. The molecule has 1 saturated heterocycles. The first-order valence-corrected chi connectivity index (χ1v) is 6.39. The van der Waals surface area contributed by atoms with E-state index in [1.807, 2.05) is 24.3 Å². The van der Waals surface area contributed by atoms with E-state index < -0.39 is 0 Å². The molecule has 0 spiro atoms. The van der Waals surface area contributed by atoms with Crippen molar-refractivity contribution in [3.8, 4) is 0 Å². The number of nitrogens with one attached hydrogen (secondary N) is 1. The number of aliphatic hydroxyl groups excluding tert-OH is 1. The summed E-state index contributed by atoms with van der Waals surface area (Å²) in [6, 6.07) is 8.48. The van der Waals surface area contributed by atoms with Crippen LogP contribution in [0.2, 0.25) is 0 Å².